The van der Waals surface area contributed by atoms with Gasteiger partial charge in [-0.1, -0.05) is 0 Å². The van der Waals surface area contributed by atoms with E-state index in [4.69, 9.17) is 18.1 Å². The summed E-state index contributed by atoms with van der Waals surface area (Å²) in [6.45, 7) is 1.69. The molecule has 0 atom stereocenters. The van der Waals surface area contributed by atoms with Crippen molar-refractivity contribution < 1.29 is 41.2 Å². The molecule has 0 spiro atoms. The third kappa shape index (κ3) is 5.24. The number of hydrogen-bond donors (Lipinski definition) is 1. The second kappa shape index (κ2) is 9.10. The van der Waals surface area contributed by atoms with E-state index in [9.17, 15) is 23.1 Å². The summed E-state index contributed by atoms with van der Waals surface area (Å²) in [5.41, 5.74) is 0.841. The van der Waals surface area contributed by atoms with Gasteiger partial charge in [0.2, 0.25) is 5.89 Å². The first-order valence-electron chi connectivity index (χ1n) is 9.10. The van der Waals surface area contributed by atoms with Crippen molar-refractivity contribution >= 4 is 22.4 Å². The van der Waals surface area contributed by atoms with Gasteiger partial charge in [0.15, 0.2) is 17.2 Å². The number of oxazole rings is 1. The summed E-state index contributed by atoms with van der Waals surface area (Å²) in [5.74, 6) is -0.347. The Kier molecular flexibility index (Phi) is 6.49. The predicted molar refractivity (Wildman–Crippen MR) is 112 cm³/mol. The van der Waals surface area contributed by atoms with Crippen LogP contribution in [0.4, 0.5) is 0 Å². The number of benzene rings is 2. The summed E-state index contributed by atoms with van der Waals surface area (Å²) < 4.78 is 44.0. The zero-order valence-electron chi connectivity index (χ0n) is 17.3. The third-order valence-corrected chi connectivity index (χ3v) is 4.76. The summed E-state index contributed by atoms with van der Waals surface area (Å²) in [6.07, 6.45) is 1.51. The molecule has 0 aliphatic heterocycles. The molecule has 1 aromatic heterocycles. The molecule has 0 unspecified atom stereocenters. The number of rotatable bonds is 9. The maximum Gasteiger partial charge on any atom is 0.339 e. The van der Waals surface area contributed by atoms with Crippen molar-refractivity contribution in [2.45, 2.75) is 13.5 Å². The molecule has 3 aromatic rings. The molecule has 0 amide bonds. The van der Waals surface area contributed by atoms with Crippen LogP contribution in [0.3, 0.4) is 0 Å². The van der Waals surface area contributed by atoms with E-state index in [1.807, 2.05) is 0 Å². The molecule has 0 bridgehead atoms. The molecule has 1 N–H and O–H groups in total. The van der Waals surface area contributed by atoms with E-state index in [2.05, 4.69) is 4.98 Å². The lowest BCUT2D eigenvalue weighted by molar-refractivity contribution is 0.0695. The average molecular weight is 461 g/mol. The number of carbonyl (C=O) groups excluding carboxylic acids is 1. The van der Waals surface area contributed by atoms with Crippen LogP contribution in [0.15, 0.2) is 40.8 Å². The molecule has 0 fully saturated rings. The molecule has 168 valence electrons. The minimum atomic E-state index is -3.91. The average Bonchev–Trinajstić information content (AvgIpc) is 3.11. The third-order valence-electron chi connectivity index (χ3n) is 4.28. The Morgan fingerprint density at radius 1 is 1.16 bits per heavy atom. The molecule has 11 heteroatoms. The fraction of sp³-hybridized carbons (Fsp3) is 0.190. The minimum absolute atomic E-state index is 0.0210. The van der Waals surface area contributed by atoms with E-state index in [-0.39, 0.29) is 23.8 Å². The van der Waals surface area contributed by atoms with Gasteiger partial charge in [0.05, 0.1) is 13.4 Å². The van der Waals surface area contributed by atoms with E-state index < -0.39 is 16.1 Å². The Bertz CT molecular complexity index is 1280. The number of aromatic carboxylic acids is 1. The van der Waals surface area contributed by atoms with E-state index in [1.54, 1.807) is 19.1 Å². The zero-order chi connectivity index (χ0) is 23.5. The number of aldehydes is 1. The zero-order valence-corrected chi connectivity index (χ0v) is 18.1. The highest BCUT2D eigenvalue weighted by molar-refractivity contribution is 7.86. The number of aromatic nitrogens is 1. The molecule has 10 nitrogen and oxygen atoms in total. The molecule has 0 radical (unpaired) electrons. The lowest BCUT2D eigenvalue weighted by atomic mass is 10.1. The fourth-order valence-electron chi connectivity index (χ4n) is 2.77. The Labute approximate surface area is 183 Å². The molecule has 0 saturated carbocycles. The fourth-order valence-corrected chi connectivity index (χ4v) is 3.25. The van der Waals surface area contributed by atoms with Crippen LogP contribution in [0.5, 0.6) is 17.2 Å². The molecular formula is C21H19NO9S. The Morgan fingerprint density at radius 3 is 2.50 bits per heavy atom. The van der Waals surface area contributed by atoms with E-state index >= 15 is 0 Å². The summed E-state index contributed by atoms with van der Waals surface area (Å²) in [6, 6.07) is 8.58. The van der Waals surface area contributed by atoms with Gasteiger partial charge in [0, 0.05) is 11.1 Å². The van der Waals surface area contributed by atoms with Crippen LogP contribution in [0, 0.1) is 6.92 Å². The second-order valence-corrected chi connectivity index (χ2v) is 8.22. The Balaban J connectivity index is 1.86. The monoisotopic (exact) mass is 461 g/mol. The first-order valence-corrected chi connectivity index (χ1v) is 10.9. The van der Waals surface area contributed by atoms with Crippen LogP contribution in [0.2, 0.25) is 0 Å². The van der Waals surface area contributed by atoms with Crippen LogP contribution >= 0.6 is 0 Å². The van der Waals surface area contributed by atoms with Crippen LogP contribution in [0.25, 0.3) is 11.5 Å². The first kappa shape index (κ1) is 22.8. The number of carboxylic acids is 1. The van der Waals surface area contributed by atoms with Gasteiger partial charge >= 0.3 is 16.1 Å². The largest absolute Gasteiger partial charge is 0.493 e. The van der Waals surface area contributed by atoms with Gasteiger partial charge in [-0.05, 0) is 43.3 Å². The normalized spacial score (nSPS) is 11.1. The Morgan fingerprint density at radius 2 is 1.88 bits per heavy atom. The molecule has 0 saturated heterocycles. The van der Waals surface area contributed by atoms with Crippen molar-refractivity contribution in [3.63, 3.8) is 0 Å². The van der Waals surface area contributed by atoms with Gasteiger partial charge in [0.1, 0.15) is 29.9 Å². The number of carboxylic acid groups (broad SMARTS) is 1. The van der Waals surface area contributed by atoms with Crippen molar-refractivity contribution in [1.82, 2.24) is 4.98 Å². The van der Waals surface area contributed by atoms with E-state index in [0.29, 0.717) is 40.4 Å². The van der Waals surface area contributed by atoms with Gasteiger partial charge in [0.25, 0.3) is 0 Å². The lowest BCUT2D eigenvalue weighted by Crippen LogP contribution is -2.10. The molecule has 0 aliphatic rings. The quantitative estimate of drug-likeness (QED) is 0.373. The van der Waals surface area contributed by atoms with Crippen molar-refractivity contribution in [3.8, 4) is 28.7 Å². The van der Waals surface area contributed by atoms with E-state index in [0.717, 1.165) is 6.26 Å². The highest BCUT2D eigenvalue weighted by Crippen LogP contribution is 2.31. The van der Waals surface area contributed by atoms with Crippen LogP contribution in [-0.2, 0) is 16.7 Å². The van der Waals surface area contributed by atoms with Gasteiger partial charge in [-0.15, -0.1) is 0 Å². The number of hydrogen-bond acceptors (Lipinski definition) is 9. The number of carbonyl (C=O) groups is 2. The number of ether oxygens (including phenoxy) is 2. The van der Waals surface area contributed by atoms with Gasteiger partial charge in [-0.25, -0.2) is 9.78 Å². The highest BCUT2D eigenvalue weighted by atomic mass is 32.2. The molecular weight excluding hydrogens is 442 g/mol. The SMILES string of the molecule is COc1cc(C=O)ccc1OCc1nc(-c2ccc(OS(C)(=O)=O)c(C(=O)O)c2)oc1C. The molecule has 1 heterocycles. The molecule has 3 rings (SSSR count). The van der Waals surface area contributed by atoms with Crippen LogP contribution < -0.4 is 13.7 Å². The molecule has 0 aliphatic carbocycles. The second-order valence-electron chi connectivity index (χ2n) is 6.64. The Hall–Kier alpha value is -3.86. The maximum absolute atomic E-state index is 11.5. The van der Waals surface area contributed by atoms with Gasteiger partial charge in [-0.2, -0.15) is 8.42 Å². The summed E-state index contributed by atoms with van der Waals surface area (Å²) >= 11 is 0. The summed E-state index contributed by atoms with van der Waals surface area (Å²) in [4.78, 5) is 26.8. The van der Waals surface area contributed by atoms with Crippen molar-refractivity contribution in [2.75, 3.05) is 13.4 Å². The highest BCUT2D eigenvalue weighted by Gasteiger charge is 2.20. The van der Waals surface area contributed by atoms with E-state index in [1.165, 1.54) is 31.4 Å². The van der Waals surface area contributed by atoms with Crippen LogP contribution in [0.1, 0.15) is 32.2 Å². The van der Waals surface area contributed by atoms with Crippen molar-refractivity contribution in [1.29, 1.82) is 0 Å². The molecule has 2 aromatic carbocycles. The topological polar surface area (TPSA) is 142 Å². The summed E-state index contributed by atoms with van der Waals surface area (Å²) in [5, 5.41) is 9.41. The number of aryl methyl sites for hydroxylation is 1. The lowest BCUT2D eigenvalue weighted by Gasteiger charge is -2.10. The predicted octanol–water partition coefficient (Wildman–Crippen LogP) is 3.09. The standard InChI is InChI=1S/C21H19NO9S/c1-12-16(11-29-18-6-4-13(10-23)8-19(18)28-2)22-20(30-12)14-5-7-17(31-32(3,26)27)15(9-14)21(24)25/h4-10H,11H2,1-3H3,(H,24,25). The van der Waals surface area contributed by atoms with Crippen LogP contribution in [-0.4, -0.2) is 44.1 Å². The van der Waals surface area contributed by atoms with Crippen molar-refractivity contribution in [3.05, 3.63) is 59.0 Å². The minimum Gasteiger partial charge on any atom is -0.493 e. The summed E-state index contributed by atoms with van der Waals surface area (Å²) in [7, 11) is -2.45. The number of nitrogens with zero attached hydrogens (tertiary/aromatic N) is 1. The smallest absolute Gasteiger partial charge is 0.339 e. The van der Waals surface area contributed by atoms with Gasteiger partial charge < -0.3 is 23.2 Å². The van der Waals surface area contributed by atoms with Crippen molar-refractivity contribution in [2.24, 2.45) is 0 Å². The maximum atomic E-state index is 11.5. The molecule has 32 heavy (non-hydrogen) atoms. The number of methoxy groups -OCH3 is 1. The first-order chi connectivity index (χ1) is 15.1. The van der Waals surface area contributed by atoms with Gasteiger partial charge in [-0.3, -0.25) is 4.79 Å².